The van der Waals surface area contributed by atoms with Gasteiger partial charge in [-0.15, -0.1) is 0 Å². The number of carboxylic acid groups (broad SMARTS) is 2. The zero-order valence-electron chi connectivity index (χ0n) is 15.3. The first kappa shape index (κ1) is 21.0. The number of rotatable bonds is 6. The highest BCUT2D eigenvalue weighted by Crippen LogP contribution is 2.19. The van der Waals surface area contributed by atoms with E-state index in [0.717, 1.165) is 22.6 Å². The summed E-state index contributed by atoms with van der Waals surface area (Å²) in [6.07, 6.45) is 0. The van der Waals surface area contributed by atoms with E-state index < -0.39 is 23.8 Å². The molecule has 140 valence electrons. The first-order valence-electron chi connectivity index (χ1n) is 8.03. The fourth-order valence-electron chi connectivity index (χ4n) is 2.07. The highest BCUT2D eigenvalue weighted by atomic mass is 16.5. The summed E-state index contributed by atoms with van der Waals surface area (Å²) in [7, 11) is 3.16. The van der Waals surface area contributed by atoms with Crippen molar-refractivity contribution in [3.05, 3.63) is 59.7 Å². The van der Waals surface area contributed by atoms with Crippen molar-refractivity contribution in [3.8, 4) is 11.5 Å². The smallest absolute Gasteiger partial charge is 0.310 e. The van der Waals surface area contributed by atoms with Gasteiger partial charge in [0.1, 0.15) is 11.5 Å². The quantitative estimate of drug-likeness (QED) is 0.815. The van der Waals surface area contributed by atoms with Crippen molar-refractivity contribution in [1.29, 1.82) is 0 Å². The maximum atomic E-state index is 10.6. The molecular weight excluding hydrogens is 336 g/mol. The van der Waals surface area contributed by atoms with Gasteiger partial charge in [0.25, 0.3) is 0 Å². The Kier molecular flexibility index (Phi) is 8.15. The van der Waals surface area contributed by atoms with E-state index in [-0.39, 0.29) is 0 Å². The lowest BCUT2D eigenvalue weighted by atomic mass is 10.0. The lowest BCUT2D eigenvalue weighted by Crippen LogP contribution is -2.06. The second-order valence-electron chi connectivity index (χ2n) is 5.67. The topological polar surface area (TPSA) is 93.1 Å². The SMILES string of the molecule is COc1ccc(C(C)C(=O)O)cc1.COc1ccc(C(C)C(=O)O)cc1. The van der Waals surface area contributed by atoms with Crippen LogP contribution in [0.5, 0.6) is 11.5 Å². The van der Waals surface area contributed by atoms with Crippen molar-refractivity contribution in [2.75, 3.05) is 14.2 Å². The highest BCUT2D eigenvalue weighted by Gasteiger charge is 2.13. The number of methoxy groups -OCH3 is 2. The summed E-state index contributed by atoms with van der Waals surface area (Å²) >= 11 is 0. The van der Waals surface area contributed by atoms with Crippen LogP contribution in [0.1, 0.15) is 36.8 Å². The van der Waals surface area contributed by atoms with Crippen molar-refractivity contribution >= 4 is 11.9 Å². The van der Waals surface area contributed by atoms with Crippen LogP contribution in [0.25, 0.3) is 0 Å². The van der Waals surface area contributed by atoms with Crippen molar-refractivity contribution < 1.29 is 29.3 Å². The molecule has 0 saturated heterocycles. The van der Waals surface area contributed by atoms with Crippen molar-refractivity contribution in [2.24, 2.45) is 0 Å². The van der Waals surface area contributed by atoms with E-state index in [1.54, 1.807) is 76.6 Å². The minimum absolute atomic E-state index is 0.467. The molecule has 26 heavy (non-hydrogen) atoms. The van der Waals surface area contributed by atoms with E-state index in [1.807, 2.05) is 0 Å². The van der Waals surface area contributed by atoms with Gasteiger partial charge in [-0.25, -0.2) is 0 Å². The molecule has 0 saturated carbocycles. The Hall–Kier alpha value is -3.02. The van der Waals surface area contributed by atoms with Crippen LogP contribution in [0, 0.1) is 0 Å². The molecule has 0 aliphatic heterocycles. The second-order valence-corrected chi connectivity index (χ2v) is 5.67. The zero-order valence-corrected chi connectivity index (χ0v) is 15.3. The number of carboxylic acids is 2. The van der Waals surface area contributed by atoms with Gasteiger partial charge in [-0.2, -0.15) is 0 Å². The maximum absolute atomic E-state index is 10.6. The van der Waals surface area contributed by atoms with Gasteiger partial charge in [-0.3, -0.25) is 9.59 Å². The fraction of sp³-hybridized carbons (Fsp3) is 0.300. The molecule has 2 unspecified atom stereocenters. The van der Waals surface area contributed by atoms with E-state index in [9.17, 15) is 9.59 Å². The summed E-state index contributed by atoms with van der Waals surface area (Å²) in [5, 5.41) is 17.5. The standard InChI is InChI=1S/2C10H12O3/c2*1-7(10(11)12)8-3-5-9(13-2)6-4-8/h2*3-7H,1-2H3,(H,11,12). The van der Waals surface area contributed by atoms with Gasteiger partial charge in [0, 0.05) is 0 Å². The lowest BCUT2D eigenvalue weighted by Gasteiger charge is -2.06. The van der Waals surface area contributed by atoms with E-state index >= 15 is 0 Å². The molecule has 2 aromatic carbocycles. The molecule has 0 aliphatic rings. The van der Waals surface area contributed by atoms with Gasteiger partial charge >= 0.3 is 11.9 Å². The van der Waals surface area contributed by atoms with Gasteiger partial charge in [-0.1, -0.05) is 24.3 Å². The molecule has 6 heteroatoms. The second kappa shape index (κ2) is 10.1. The third-order valence-electron chi connectivity index (χ3n) is 3.97. The van der Waals surface area contributed by atoms with E-state index in [0.29, 0.717) is 0 Å². The Bertz CT molecular complexity index is 643. The molecule has 0 radical (unpaired) electrons. The molecule has 6 nitrogen and oxygen atoms in total. The lowest BCUT2D eigenvalue weighted by molar-refractivity contribution is -0.139. The normalized spacial score (nSPS) is 12.2. The van der Waals surface area contributed by atoms with E-state index in [2.05, 4.69) is 0 Å². The zero-order chi connectivity index (χ0) is 19.7. The van der Waals surface area contributed by atoms with E-state index in [1.165, 1.54) is 0 Å². The number of ether oxygens (including phenoxy) is 2. The molecule has 2 aromatic rings. The number of aliphatic carboxylic acids is 2. The number of hydrogen-bond donors (Lipinski definition) is 2. The predicted octanol–water partition coefficient (Wildman–Crippen LogP) is 3.77. The average Bonchev–Trinajstić information content (AvgIpc) is 2.67. The Labute approximate surface area is 153 Å². The molecule has 2 rings (SSSR count). The summed E-state index contributed by atoms with van der Waals surface area (Å²) in [5.41, 5.74) is 1.57. The van der Waals surface area contributed by atoms with Crippen LogP contribution in [0.2, 0.25) is 0 Å². The predicted molar refractivity (Wildman–Crippen MR) is 98.1 cm³/mol. The summed E-state index contributed by atoms with van der Waals surface area (Å²) in [6.45, 7) is 3.31. The van der Waals surface area contributed by atoms with Crippen molar-refractivity contribution in [3.63, 3.8) is 0 Å². The van der Waals surface area contributed by atoms with Gasteiger partial charge in [0.05, 0.1) is 26.1 Å². The fourth-order valence-corrected chi connectivity index (χ4v) is 2.07. The first-order chi connectivity index (χ1) is 12.3. The molecule has 0 amide bonds. The molecule has 0 spiro atoms. The summed E-state index contributed by atoms with van der Waals surface area (Å²) in [5.74, 6) is -1.09. The molecule has 0 aromatic heterocycles. The molecule has 2 atom stereocenters. The highest BCUT2D eigenvalue weighted by molar-refractivity contribution is 5.76. The molecule has 0 bridgehead atoms. The third-order valence-corrected chi connectivity index (χ3v) is 3.97. The van der Waals surface area contributed by atoms with Crippen LogP contribution in [-0.2, 0) is 9.59 Å². The number of carbonyl (C=O) groups is 2. The molecule has 0 heterocycles. The van der Waals surface area contributed by atoms with Crippen LogP contribution in [0.3, 0.4) is 0 Å². The van der Waals surface area contributed by atoms with Crippen LogP contribution in [0.15, 0.2) is 48.5 Å². The van der Waals surface area contributed by atoms with Crippen molar-refractivity contribution in [2.45, 2.75) is 25.7 Å². The molecule has 0 fully saturated rings. The van der Waals surface area contributed by atoms with Crippen molar-refractivity contribution in [1.82, 2.24) is 0 Å². The van der Waals surface area contributed by atoms with Gasteiger partial charge in [-0.05, 0) is 49.2 Å². The van der Waals surface area contributed by atoms with Gasteiger partial charge < -0.3 is 19.7 Å². The molecule has 0 aliphatic carbocycles. The van der Waals surface area contributed by atoms with Gasteiger partial charge in [0.15, 0.2) is 0 Å². The summed E-state index contributed by atoms with van der Waals surface area (Å²) < 4.78 is 9.92. The summed E-state index contributed by atoms with van der Waals surface area (Å²) in [4.78, 5) is 21.2. The van der Waals surface area contributed by atoms with Crippen LogP contribution in [0.4, 0.5) is 0 Å². The van der Waals surface area contributed by atoms with Gasteiger partial charge in [0.2, 0.25) is 0 Å². The van der Waals surface area contributed by atoms with Crippen LogP contribution in [-0.4, -0.2) is 36.4 Å². The third kappa shape index (κ3) is 6.12. The van der Waals surface area contributed by atoms with E-state index in [4.69, 9.17) is 19.7 Å². The Morgan fingerprint density at radius 3 is 1.15 bits per heavy atom. The Morgan fingerprint density at radius 1 is 0.692 bits per heavy atom. The number of benzene rings is 2. The Balaban J connectivity index is 0.000000260. The molecule has 2 N–H and O–H groups in total. The number of hydrogen-bond acceptors (Lipinski definition) is 4. The summed E-state index contributed by atoms with van der Waals surface area (Å²) in [6, 6.07) is 14.1. The van der Waals surface area contributed by atoms with Crippen LogP contribution < -0.4 is 9.47 Å². The largest absolute Gasteiger partial charge is 0.497 e. The van der Waals surface area contributed by atoms with Crippen LogP contribution >= 0.6 is 0 Å². The first-order valence-corrected chi connectivity index (χ1v) is 8.03. The minimum Gasteiger partial charge on any atom is -0.497 e. The minimum atomic E-state index is -0.815. The average molecular weight is 360 g/mol. The Morgan fingerprint density at radius 2 is 0.962 bits per heavy atom. The molecular formula is C20H24O6. The maximum Gasteiger partial charge on any atom is 0.310 e. The monoisotopic (exact) mass is 360 g/mol.